The number of aromatic nitrogens is 1. The summed E-state index contributed by atoms with van der Waals surface area (Å²) in [5.41, 5.74) is 2.63. The highest BCUT2D eigenvalue weighted by Gasteiger charge is 2.10. The molecule has 0 bridgehead atoms. The van der Waals surface area contributed by atoms with Crippen LogP contribution in [-0.2, 0) is 14.4 Å². The first-order valence-electron chi connectivity index (χ1n) is 8.90. The van der Waals surface area contributed by atoms with Crippen LogP contribution in [0.15, 0.2) is 83.5 Å². The van der Waals surface area contributed by atoms with Crippen molar-refractivity contribution in [2.24, 2.45) is 0 Å². The lowest BCUT2D eigenvalue weighted by Gasteiger charge is -2.02. The third kappa shape index (κ3) is 5.91. The van der Waals surface area contributed by atoms with Crippen molar-refractivity contribution in [3.8, 4) is 11.5 Å². The van der Waals surface area contributed by atoms with Crippen molar-refractivity contribution >= 4 is 40.3 Å². The first kappa shape index (κ1) is 21.1. The first-order chi connectivity index (χ1) is 14.8. The molecular weight excluding hydrogens is 402 g/mol. The van der Waals surface area contributed by atoms with Gasteiger partial charge in [-0.05, 0) is 42.5 Å². The zero-order chi connectivity index (χ0) is 22.4. The molecule has 0 fully saturated rings. The van der Waals surface area contributed by atoms with Crippen molar-refractivity contribution in [2.75, 3.05) is 10.6 Å². The molecule has 0 spiro atoms. The molecule has 0 aliphatic carbocycles. The molecule has 0 atom stereocenters. The van der Waals surface area contributed by atoms with Crippen LogP contribution in [0, 0.1) is 0 Å². The van der Waals surface area contributed by atoms with Crippen LogP contribution in [0.25, 0.3) is 22.6 Å². The Morgan fingerprint density at radius 1 is 0.871 bits per heavy atom. The number of carbonyl (C=O) groups excluding carboxylic acids is 2. The van der Waals surface area contributed by atoms with Crippen LogP contribution < -0.4 is 10.6 Å². The Labute approximate surface area is 176 Å². The maximum absolute atomic E-state index is 11.7. The van der Waals surface area contributed by atoms with Gasteiger partial charge in [-0.3, -0.25) is 9.59 Å². The topological polar surface area (TPSA) is 142 Å². The van der Waals surface area contributed by atoms with E-state index in [1.54, 1.807) is 42.5 Å². The quantitative estimate of drug-likeness (QED) is 0.260. The summed E-state index contributed by atoms with van der Waals surface area (Å²) in [7, 11) is 0. The third-order valence-corrected chi connectivity index (χ3v) is 3.86. The summed E-state index contributed by atoms with van der Waals surface area (Å²) in [4.78, 5) is 38.3. The number of fused-ring (bicyclic) bond motifs is 1. The van der Waals surface area contributed by atoms with Crippen LogP contribution in [0.2, 0.25) is 0 Å². The normalized spacial score (nSPS) is 11.1. The number of carbonyl (C=O) groups is 3. The molecule has 1 aromatic heterocycles. The molecular formula is C22H17N3O6. The molecule has 31 heavy (non-hydrogen) atoms. The molecule has 0 aliphatic heterocycles. The van der Waals surface area contributed by atoms with Gasteiger partial charge in [0.05, 0.1) is 0 Å². The second-order valence-electron chi connectivity index (χ2n) is 6.25. The van der Waals surface area contributed by atoms with Gasteiger partial charge in [-0.15, -0.1) is 0 Å². The highest BCUT2D eigenvalue weighted by atomic mass is 16.4. The van der Waals surface area contributed by atoms with Gasteiger partial charge in [-0.2, -0.15) is 0 Å². The number of amides is 2. The minimum atomic E-state index is -1.22. The molecule has 156 valence electrons. The van der Waals surface area contributed by atoms with Crippen LogP contribution >= 0.6 is 0 Å². The minimum absolute atomic E-state index is 0.221. The van der Waals surface area contributed by atoms with Crippen LogP contribution in [0.1, 0.15) is 0 Å². The van der Waals surface area contributed by atoms with Gasteiger partial charge >= 0.3 is 5.97 Å². The Morgan fingerprint density at radius 3 is 2.13 bits per heavy atom. The highest BCUT2D eigenvalue weighted by molar-refractivity contribution is 6.03. The van der Waals surface area contributed by atoms with Gasteiger partial charge in [0, 0.05) is 41.2 Å². The summed E-state index contributed by atoms with van der Waals surface area (Å²) in [5.74, 6) is -2.10. The van der Waals surface area contributed by atoms with Crippen molar-refractivity contribution in [2.45, 2.75) is 0 Å². The molecule has 0 aliphatic rings. The Balaban J connectivity index is 1.73. The van der Waals surface area contributed by atoms with E-state index in [0.29, 0.717) is 33.9 Å². The van der Waals surface area contributed by atoms with Gasteiger partial charge in [0.1, 0.15) is 11.3 Å². The lowest BCUT2D eigenvalue weighted by molar-refractivity contribution is -0.131. The maximum Gasteiger partial charge on any atom is 0.328 e. The molecule has 2 aromatic carbocycles. The summed E-state index contributed by atoms with van der Waals surface area (Å²) < 4.78 is 5.75. The van der Waals surface area contributed by atoms with E-state index < -0.39 is 17.8 Å². The fraction of sp³-hybridized carbons (Fsp3) is 0. The van der Waals surface area contributed by atoms with Crippen molar-refractivity contribution in [1.82, 2.24) is 4.98 Å². The lowest BCUT2D eigenvalue weighted by atomic mass is 10.2. The van der Waals surface area contributed by atoms with Gasteiger partial charge in [-0.25, -0.2) is 9.78 Å². The number of hydrogen-bond donors (Lipinski definition) is 4. The van der Waals surface area contributed by atoms with E-state index >= 15 is 0 Å². The number of carboxylic acids is 1. The summed E-state index contributed by atoms with van der Waals surface area (Å²) in [6.45, 7) is 3.26. The summed E-state index contributed by atoms with van der Waals surface area (Å²) in [5, 5.41) is 22.7. The van der Waals surface area contributed by atoms with E-state index in [4.69, 9.17) is 14.6 Å². The lowest BCUT2D eigenvalue weighted by Crippen LogP contribution is -2.08. The predicted molar refractivity (Wildman–Crippen MR) is 114 cm³/mol. The fourth-order valence-corrected chi connectivity index (χ4v) is 2.51. The molecule has 0 saturated carbocycles. The van der Waals surface area contributed by atoms with E-state index in [1.807, 2.05) is 0 Å². The predicted octanol–water partition coefficient (Wildman–Crippen LogP) is 3.64. The largest absolute Gasteiger partial charge is 0.509 e. The SMILES string of the molecule is C=C(O)/C=C\C(=O)Nc1ccc(-c2nc3ccc(NC(=O)/C=C\C(=O)O)cc3o2)cc1. The van der Waals surface area contributed by atoms with Crippen molar-refractivity contribution in [3.05, 3.63) is 79.1 Å². The molecule has 4 N–H and O–H groups in total. The number of benzene rings is 2. The average Bonchev–Trinajstić information content (AvgIpc) is 3.14. The van der Waals surface area contributed by atoms with E-state index in [9.17, 15) is 14.4 Å². The number of rotatable bonds is 7. The molecule has 2 amide bonds. The summed E-state index contributed by atoms with van der Waals surface area (Å²) >= 11 is 0. The maximum atomic E-state index is 11.7. The Morgan fingerprint density at radius 2 is 1.48 bits per heavy atom. The van der Waals surface area contributed by atoms with Crippen LogP contribution in [0.3, 0.4) is 0 Å². The molecule has 3 rings (SSSR count). The second kappa shape index (κ2) is 9.23. The van der Waals surface area contributed by atoms with Gasteiger partial charge in [0.2, 0.25) is 17.7 Å². The number of allylic oxidation sites excluding steroid dienone is 1. The molecule has 3 aromatic rings. The molecule has 9 heteroatoms. The van der Waals surface area contributed by atoms with Gasteiger partial charge < -0.3 is 25.3 Å². The number of aliphatic hydroxyl groups is 1. The summed E-state index contributed by atoms with van der Waals surface area (Å²) in [6, 6.07) is 11.6. The number of aliphatic carboxylic acids is 1. The van der Waals surface area contributed by atoms with E-state index in [-0.39, 0.29) is 5.76 Å². The van der Waals surface area contributed by atoms with Crippen molar-refractivity contribution in [3.63, 3.8) is 0 Å². The van der Waals surface area contributed by atoms with Crippen molar-refractivity contribution < 1.29 is 29.0 Å². The third-order valence-electron chi connectivity index (χ3n) is 3.86. The Hall–Kier alpha value is -4.66. The molecule has 1 heterocycles. The molecule has 0 radical (unpaired) electrons. The number of hydrogen-bond acceptors (Lipinski definition) is 6. The zero-order valence-electron chi connectivity index (χ0n) is 16.0. The average molecular weight is 419 g/mol. The summed E-state index contributed by atoms with van der Waals surface area (Å²) in [6.07, 6.45) is 3.99. The monoisotopic (exact) mass is 419 g/mol. The van der Waals surface area contributed by atoms with Crippen LogP contribution in [0.4, 0.5) is 11.4 Å². The fourth-order valence-electron chi connectivity index (χ4n) is 2.51. The number of nitrogens with zero attached hydrogens (tertiary/aromatic N) is 1. The van der Waals surface area contributed by atoms with Gasteiger partial charge in [0.25, 0.3) is 0 Å². The van der Waals surface area contributed by atoms with E-state index in [1.165, 1.54) is 6.08 Å². The molecule has 0 unspecified atom stereocenters. The minimum Gasteiger partial charge on any atom is -0.509 e. The van der Waals surface area contributed by atoms with Gasteiger partial charge in [-0.1, -0.05) is 6.58 Å². The number of carboxylic acid groups (broad SMARTS) is 1. The number of nitrogens with one attached hydrogen (secondary N) is 2. The zero-order valence-corrected chi connectivity index (χ0v) is 16.0. The standard InChI is InChI=1S/C22H17N3O6/c1-13(26)2-9-19(27)23-15-5-3-14(4-6-15)22-25-17-8-7-16(12-18(17)31-22)24-20(28)10-11-21(29)30/h2-12,26H,1H2,(H,23,27)(H,24,28)(H,29,30)/b9-2-,11-10-. The highest BCUT2D eigenvalue weighted by Crippen LogP contribution is 2.27. The Bertz CT molecular complexity index is 1220. The second-order valence-corrected chi connectivity index (χ2v) is 6.25. The van der Waals surface area contributed by atoms with Gasteiger partial charge in [0.15, 0.2) is 5.58 Å². The Kier molecular flexibility index (Phi) is 6.27. The number of anilines is 2. The van der Waals surface area contributed by atoms with Crippen LogP contribution in [0.5, 0.6) is 0 Å². The number of aliphatic hydroxyl groups excluding tert-OH is 1. The van der Waals surface area contributed by atoms with E-state index in [2.05, 4.69) is 22.2 Å². The van der Waals surface area contributed by atoms with E-state index in [0.717, 1.165) is 18.2 Å². The number of oxazole rings is 1. The first-order valence-corrected chi connectivity index (χ1v) is 8.90. The molecule has 9 nitrogen and oxygen atoms in total. The van der Waals surface area contributed by atoms with Crippen molar-refractivity contribution in [1.29, 1.82) is 0 Å². The smallest absolute Gasteiger partial charge is 0.328 e. The molecule has 0 saturated heterocycles. The van der Waals surface area contributed by atoms with Crippen LogP contribution in [-0.4, -0.2) is 33.0 Å².